The van der Waals surface area contributed by atoms with Gasteiger partial charge in [0, 0.05) is 18.9 Å². The maximum Gasteiger partial charge on any atom is 0.258 e. The number of carbonyl (C=O) groups is 1. The molecule has 1 fully saturated rings. The summed E-state index contributed by atoms with van der Waals surface area (Å²) in [6, 6.07) is 7.36. The van der Waals surface area contributed by atoms with Gasteiger partial charge in [-0.1, -0.05) is 12.1 Å². The number of amides is 1. The van der Waals surface area contributed by atoms with E-state index in [-0.39, 0.29) is 11.9 Å². The largest absolute Gasteiger partial charge is 0.496 e. The van der Waals surface area contributed by atoms with E-state index >= 15 is 0 Å². The second kappa shape index (κ2) is 8.07. The molecule has 6 nitrogen and oxygen atoms in total. The van der Waals surface area contributed by atoms with E-state index in [4.69, 9.17) is 9.47 Å². The lowest BCUT2D eigenvalue weighted by Gasteiger charge is -2.36. The van der Waals surface area contributed by atoms with Gasteiger partial charge in [0.2, 0.25) is 0 Å². The van der Waals surface area contributed by atoms with Crippen molar-refractivity contribution >= 4 is 5.91 Å². The number of aryl methyl sites for hydroxylation is 2. The van der Waals surface area contributed by atoms with E-state index < -0.39 is 0 Å². The fourth-order valence-electron chi connectivity index (χ4n) is 3.12. The third-order valence-electron chi connectivity index (χ3n) is 4.52. The molecule has 6 heteroatoms. The first-order valence-corrected chi connectivity index (χ1v) is 8.49. The number of carbonyl (C=O) groups excluding carboxylic acids is 1. The number of ether oxygens (including phenoxy) is 2. The Morgan fingerprint density at radius 1 is 1.32 bits per heavy atom. The Kier molecular flexibility index (Phi) is 5.60. The van der Waals surface area contributed by atoms with Crippen LogP contribution >= 0.6 is 0 Å². The molecule has 0 aliphatic carbocycles. The summed E-state index contributed by atoms with van der Waals surface area (Å²) in [7, 11) is 1.58. The Labute approximate surface area is 147 Å². The summed E-state index contributed by atoms with van der Waals surface area (Å²) in [4.78, 5) is 23.6. The molecular formula is C19H23N3O3. The first-order valence-electron chi connectivity index (χ1n) is 8.49. The summed E-state index contributed by atoms with van der Waals surface area (Å²) >= 11 is 0. The highest BCUT2D eigenvalue weighted by Gasteiger charge is 2.29. The molecule has 1 aliphatic heterocycles. The van der Waals surface area contributed by atoms with Gasteiger partial charge in [0.1, 0.15) is 5.75 Å². The molecule has 1 aromatic heterocycles. The van der Waals surface area contributed by atoms with Crippen molar-refractivity contribution in [2.75, 3.05) is 26.9 Å². The minimum absolute atomic E-state index is 0.0124. The van der Waals surface area contributed by atoms with Gasteiger partial charge in [0.15, 0.2) is 0 Å². The molecule has 1 aliphatic rings. The third-order valence-corrected chi connectivity index (χ3v) is 4.52. The fraction of sp³-hybridized carbons (Fsp3) is 0.421. The van der Waals surface area contributed by atoms with Crippen molar-refractivity contribution in [3.05, 3.63) is 53.6 Å². The first kappa shape index (κ1) is 17.4. The normalized spacial score (nSPS) is 17.4. The predicted octanol–water partition coefficient (Wildman–Crippen LogP) is 2.27. The number of nitrogens with zero attached hydrogens (tertiary/aromatic N) is 3. The average molecular weight is 341 g/mol. The standard InChI is InChI=1S/C19H23N3O3/c1-14-17(21-10-9-20-14)8-7-15-13-25-12-11-22(15)19(23)16-5-3-4-6-18(16)24-2/h3-6,9-10,15H,7-8,11-13H2,1-2H3/t15-/m0/s1. The van der Waals surface area contributed by atoms with E-state index in [1.165, 1.54) is 0 Å². The molecule has 3 rings (SSSR count). The summed E-state index contributed by atoms with van der Waals surface area (Å²) in [6.07, 6.45) is 4.96. The van der Waals surface area contributed by atoms with Gasteiger partial charge in [-0.15, -0.1) is 0 Å². The number of benzene rings is 1. The van der Waals surface area contributed by atoms with E-state index in [0.29, 0.717) is 31.1 Å². The Hall–Kier alpha value is -2.47. The predicted molar refractivity (Wildman–Crippen MR) is 93.7 cm³/mol. The molecule has 1 saturated heterocycles. The molecule has 0 saturated carbocycles. The summed E-state index contributed by atoms with van der Waals surface area (Å²) < 4.78 is 11.0. The lowest BCUT2D eigenvalue weighted by Crippen LogP contribution is -2.49. The maximum atomic E-state index is 13.0. The van der Waals surface area contributed by atoms with Gasteiger partial charge in [0.25, 0.3) is 5.91 Å². The number of hydrogen-bond acceptors (Lipinski definition) is 5. The SMILES string of the molecule is COc1ccccc1C(=O)N1CCOC[C@@H]1CCc1nccnc1C. The van der Waals surface area contributed by atoms with Gasteiger partial charge in [0.05, 0.1) is 43.3 Å². The Balaban J connectivity index is 1.74. The smallest absolute Gasteiger partial charge is 0.258 e. The summed E-state index contributed by atoms with van der Waals surface area (Å²) in [5.74, 6) is 0.587. The Bertz CT molecular complexity index is 735. The van der Waals surface area contributed by atoms with E-state index in [9.17, 15) is 4.79 Å². The van der Waals surface area contributed by atoms with Crippen molar-refractivity contribution in [3.63, 3.8) is 0 Å². The van der Waals surface area contributed by atoms with Crippen LogP contribution in [0.15, 0.2) is 36.7 Å². The van der Waals surface area contributed by atoms with Gasteiger partial charge < -0.3 is 14.4 Å². The van der Waals surface area contributed by atoms with Gasteiger partial charge in [-0.05, 0) is 31.9 Å². The van der Waals surface area contributed by atoms with Crippen molar-refractivity contribution in [1.29, 1.82) is 0 Å². The van der Waals surface area contributed by atoms with Crippen LogP contribution in [0.25, 0.3) is 0 Å². The van der Waals surface area contributed by atoms with E-state index in [0.717, 1.165) is 24.2 Å². The van der Waals surface area contributed by atoms with Gasteiger partial charge >= 0.3 is 0 Å². The maximum absolute atomic E-state index is 13.0. The van der Waals surface area contributed by atoms with Crippen molar-refractivity contribution in [1.82, 2.24) is 14.9 Å². The van der Waals surface area contributed by atoms with Crippen LogP contribution in [0.4, 0.5) is 0 Å². The highest BCUT2D eigenvalue weighted by atomic mass is 16.5. The van der Waals surface area contributed by atoms with Crippen molar-refractivity contribution < 1.29 is 14.3 Å². The number of rotatable bonds is 5. The van der Waals surface area contributed by atoms with Crippen LogP contribution in [-0.2, 0) is 11.2 Å². The van der Waals surface area contributed by atoms with Crippen LogP contribution in [0.3, 0.4) is 0 Å². The number of methoxy groups -OCH3 is 1. The highest BCUT2D eigenvalue weighted by molar-refractivity contribution is 5.97. The number of hydrogen-bond donors (Lipinski definition) is 0. The highest BCUT2D eigenvalue weighted by Crippen LogP contribution is 2.23. The second-order valence-corrected chi connectivity index (χ2v) is 6.05. The summed E-state index contributed by atoms with van der Waals surface area (Å²) in [5.41, 5.74) is 2.49. The molecule has 0 radical (unpaired) electrons. The van der Waals surface area contributed by atoms with Crippen molar-refractivity contribution in [2.24, 2.45) is 0 Å². The summed E-state index contributed by atoms with van der Waals surface area (Å²) in [5, 5.41) is 0. The number of para-hydroxylation sites is 1. The Morgan fingerprint density at radius 2 is 2.12 bits per heavy atom. The van der Waals surface area contributed by atoms with Crippen LogP contribution in [0.2, 0.25) is 0 Å². The lowest BCUT2D eigenvalue weighted by molar-refractivity contribution is -0.00428. The van der Waals surface area contributed by atoms with E-state index in [2.05, 4.69) is 9.97 Å². The molecule has 25 heavy (non-hydrogen) atoms. The van der Waals surface area contributed by atoms with Crippen LogP contribution in [0.5, 0.6) is 5.75 Å². The molecule has 0 spiro atoms. The molecule has 1 atom stereocenters. The Morgan fingerprint density at radius 3 is 2.92 bits per heavy atom. The van der Waals surface area contributed by atoms with Crippen molar-refractivity contribution in [3.8, 4) is 5.75 Å². The van der Waals surface area contributed by atoms with Gasteiger partial charge in [-0.25, -0.2) is 0 Å². The molecule has 1 aromatic carbocycles. The van der Waals surface area contributed by atoms with E-state index in [1.54, 1.807) is 25.6 Å². The third kappa shape index (κ3) is 3.96. The second-order valence-electron chi connectivity index (χ2n) is 6.05. The zero-order valence-electron chi connectivity index (χ0n) is 14.6. The van der Waals surface area contributed by atoms with Crippen LogP contribution < -0.4 is 4.74 Å². The molecule has 2 aromatic rings. The first-order chi connectivity index (χ1) is 12.2. The monoisotopic (exact) mass is 341 g/mol. The minimum atomic E-state index is -0.0124. The quantitative estimate of drug-likeness (QED) is 0.835. The molecule has 0 N–H and O–H groups in total. The van der Waals surface area contributed by atoms with Crippen LogP contribution in [0.1, 0.15) is 28.2 Å². The summed E-state index contributed by atoms with van der Waals surface area (Å²) in [6.45, 7) is 3.64. The lowest BCUT2D eigenvalue weighted by atomic mass is 10.0. The molecule has 132 valence electrons. The molecule has 1 amide bonds. The zero-order valence-corrected chi connectivity index (χ0v) is 14.6. The van der Waals surface area contributed by atoms with Gasteiger partial charge in [-0.3, -0.25) is 14.8 Å². The minimum Gasteiger partial charge on any atom is -0.496 e. The topological polar surface area (TPSA) is 64.5 Å². The zero-order chi connectivity index (χ0) is 17.6. The fourth-order valence-corrected chi connectivity index (χ4v) is 3.12. The van der Waals surface area contributed by atoms with Crippen LogP contribution in [0, 0.1) is 6.92 Å². The van der Waals surface area contributed by atoms with E-state index in [1.807, 2.05) is 30.0 Å². The number of morpholine rings is 1. The molecule has 0 unspecified atom stereocenters. The molecule has 0 bridgehead atoms. The molecule has 2 heterocycles. The molecular weight excluding hydrogens is 318 g/mol. The van der Waals surface area contributed by atoms with Crippen molar-refractivity contribution in [2.45, 2.75) is 25.8 Å². The van der Waals surface area contributed by atoms with Crippen LogP contribution in [-0.4, -0.2) is 53.7 Å². The number of aromatic nitrogens is 2. The van der Waals surface area contributed by atoms with Gasteiger partial charge in [-0.2, -0.15) is 0 Å². The average Bonchev–Trinajstić information content (AvgIpc) is 2.67.